The third kappa shape index (κ3) is 4.62. The first-order valence-corrected chi connectivity index (χ1v) is 10.3. The SMILES string of the molecule is COCCCC1CN(c2nc(-c3ccc(F)cc3F)c3nc(C)c(C)nc3n2)CCO1. The van der Waals surface area contributed by atoms with Crippen LogP contribution in [0.25, 0.3) is 22.4 Å². The lowest BCUT2D eigenvalue weighted by Crippen LogP contribution is -2.43. The molecular weight excluding hydrogens is 404 g/mol. The first-order chi connectivity index (χ1) is 15.0. The number of morpholine rings is 1. The van der Waals surface area contributed by atoms with Crippen molar-refractivity contribution in [2.45, 2.75) is 32.8 Å². The van der Waals surface area contributed by atoms with Gasteiger partial charge < -0.3 is 14.4 Å². The van der Waals surface area contributed by atoms with Crippen LogP contribution in [0.1, 0.15) is 24.2 Å². The monoisotopic (exact) mass is 429 g/mol. The third-order valence-electron chi connectivity index (χ3n) is 5.41. The largest absolute Gasteiger partial charge is 0.385 e. The number of halogens is 2. The highest BCUT2D eigenvalue weighted by molar-refractivity contribution is 5.88. The number of ether oxygens (including phenoxy) is 2. The quantitative estimate of drug-likeness (QED) is 0.554. The zero-order valence-corrected chi connectivity index (χ0v) is 17.9. The molecular formula is C22H25F2N5O2. The molecule has 4 rings (SSSR count). The molecule has 0 amide bonds. The first-order valence-electron chi connectivity index (χ1n) is 10.3. The summed E-state index contributed by atoms with van der Waals surface area (Å²) < 4.78 is 39.2. The van der Waals surface area contributed by atoms with Crippen molar-refractivity contribution in [3.8, 4) is 11.3 Å². The van der Waals surface area contributed by atoms with Crippen molar-refractivity contribution in [2.24, 2.45) is 0 Å². The van der Waals surface area contributed by atoms with Gasteiger partial charge in [0.15, 0.2) is 5.65 Å². The zero-order valence-electron chi connectivity index (χ0n) is 17.9. The molecule has 7 nitrogen and oxygen atoms in total. The topological polar surface area (TPSA) is 73.3 Å². The molecule has 0 aliphatic carbocycles. The predicted octanol–water partition coefficient (Wildman–Crippen LogP) is 3.61. The van der Waals surface area contributed by atoms with E-state index in [-0.39, 0.29) is 11.7 Å². The van der Waals surface area contributed by atoms with Crippen molar-refractivity contribution in [3.63, 3.8) is 0 Å². The molecule has 0 saturated carbocycles. The third-order valence-corrected chi connectivity index (χ3v) is 5.41. The Kier molecular flexibility index (Phi) is 6.33. The number of benzene rings is 1. The summed E-state index contributed by atoms with van der Waals surface area (Å²) in [7, 11) is 1.68. The van der Waals surface area contributed by atoms with Gasteiger partial charge in [0, 0.05) is 38.4 Å². The maximum Gasteiger partial charge on any atom is 0.228 e. The maximum atomic E-state index is 14.7. The van der Waals surface area contributed by atoms with Crippen molar-refractivity contribution < 1.29 is 18.3 Å². The van der Waals surface area contributed by atoms with E-state index in [0.29, 0.717) is 54.8 Å². The molecule has 0 bridgehead atoms. The van der Waals surface area contributed by atoms with E-state index in [9.17, 15) is 8.78 Å². The predicted molar refractivity (Wildman–Crippen MR) is 113 cm³/mol. The Morgan fingerprint density at radius 2 is 1.94 bits per heavy atom. The maximum absolute atomic E-state index is 14.7. The smallest absolute Gasteiger partial charge is 0.228 e. The number of aryl methyl sites for hydroxylation is 2. The van der Waals surface area contributed by atoms with E-state index in [2.05, 4.69) is 19.9 Å². The summed E-state index contributed by atoms with van der Waals surface area (Å²) in [4.78, 5) is 20.4. The molecule has 3 heterocycles. The number of hydrogen-bond donors (Lipinski definition) is 0. The lowest BCUT2D eigenvalue weighted by atomic mass is 10.1. The van der Waals surface area contributed by atoms with Crippen molar-refractivity contribution >= 4 is 17.1 Å². The molecule has 9 heteroatoms. The van der Waals surface area contributed by atoms with E-state index >= 15 is 0 Å². The van der Waals surface area contributed by atoms with Crippen molar-refractivity contribution in [1.82, 2.24) is 19.9 Å². The molecule has 3 aromatic rings. The van der Waals surface area contributed by atoms with Gasteiger partial charge in [0.1, 0.15) is 22.8 Å². The fourth-order valence-corrected chi connectivity index (χ4v) is 3.64. The number of nitrogens with zero attached hydrogens (tertiary/aromatic N) is 5. The summed E-state index contributed by atoms with van der Waals surface area (Å²) in [6.45, 7) is 6.11. The minimum atomic E-state index is -0.703. The Balaban J connectivity index is 1.77. The van der Waals surface area contributed by atoms with Crippen LogP contribution in [0.5, 0.6) is 0 Å². The summed E-state index contributed by atoms with van der Waals surface area (Å²) in [5.74, 6) is -0.917. The molecule has 1 fully saturated rings. The molecule has 2 aromatic heterocycles. The molecule has 1 unspecified atom stereocenters. The molecule has 1 saturated heterocycles. The highest BCUT2D eigenvalue weighted by Gasteiger charge is 2.25. The van der Waals surface area contributed by atoms with Crippen LogP contribution < -0.4 is 4.90 Å². The molecule has 31 heavy (non-hydrogen) atoms. The average Bonchev–Trinajstić information content (AvgIpc) is 2.75. The van der Waals surface area contributed by atoms with Gasteiger partial charge in [0.2, 0.25) is 5.95 Å². The minimum absolute atomic E-state index is 0.0278. The average molecular weight is 429 g/mol. The molecule has 164 valence electrons. The van der Waals surface area contributed by atoms with Crippen LogP contribution in [-0.2, 0) is 9.47 Å². The van der Waals surface area contributed by atoms with Crippen LogP contribution in [0.2, 0.25) is 0 Å². The Labute approximate surface area is 179 Å². The van der Waals surface area contributed by atoms with Gasteiger partial charge in [-0.1, -0.05) is 0 Å². The summed E-state index contributed by atoms with van der Waals surface area (Å²) in [6, 6.07) is 3.43. The van der Waals surface area contributed by atoms with Crippen molar-refractivity contribution in [1.29, 1.82) is 0 Å². The Bertz CT molecular complexity index is 1100. The van der Waals surface area contributed by atoms with Gasteiger partial charge in [-0.15, -0.1) is 0 Å². The number of hydrogen-bond acceptors (Lipinski definition) is 7. The number of methoxy groups -OCH3 is 1. The van der Waals surface area contributed by atoms with E-state index in [0.717, 1.165) is 24.6 Å². The van der Waals surface area contributed by atoms with E-state index in [1.165, 1.54) is 12.1 Å². The van der Waals surface area contributed by atoms with Gasteiger partial charge in [-0.2, -0.15) is 4.98 Å². The van der Waals surface area contributed by atoms with Gasteiger partial charge in [-0.25, -0.2) is 23.7 Å². The zero-order chi connectivity index (χ0) is 22.0. The van der Waals surface area contributed by atoms with E-state index < -0.39 is 11.6 Å². The van der Waals surface area contributed by atoms with E-state index in [1.54, 1.807) is 7.11 Å². The molecule has 1 aliphatic heterocycles. The van der Waals surface area contributed by atoms with Crippen LogP contribution in [-0.4, -0.2) is 59.5 Å². The second-order valence-electron chi connectivity index (χ2n) is 7.64. The van der Waals surface area contributed by atoms with Crippen LogP contribution in [0.15, 0.2) is 18.2 Å². The van der Waals surface area contributed by atoms with Crippen LogP contribution in [0.3, 0.4) is 0 Å². The second kappa shape index (κ2) is 9.15. The summed E-state index contributed by atoms with van der Waals surface area (Å²) in [6.07, 6.45) is 1.78. The first kappa shape index (κ1) is 21.5. The summed E-state index contributed by atoms with van der Waals surface area (Å²) in [5.41, 5.74) is 2.68. The van der Waals surface area contributed by atoms with Crippen molar-refractivity contribution in [2.75, 3.05) is 38.3 Å². The standard InChI is InChI=1S/C22H25F2N5O2/c1-13-14(2)26-21-20(25-13)19(17-7-6-15(23)11-18(17)24)27-22(28-21)29-8-10-31-16(12-29)5-4-9-30-3/h6-7,11,16H,4-5,8-10,12H2,1-3H3. The van der Waals surface area contributed by atoms with Gasteiger partial charge >= 0.3 is 0 Å². The van der Waals surface area contributed by atoms with Gasteiger partial charge in [-0.3, -0.25) is 0 Å². The normalized spacial score (nSPS) is 16.8. The molecule has 0 N–H and O–H groups in total. The Morgan fingerprint density at radius 1 is 1.13 bits per heavy atom. The molecule has 1 aromatic carbocycles. The van der Waals surface area contributed by atoms with E-state index in [1.807, 2.05) is 18.7 Å². The number of aromatic nitrogens is 4. The van der Waals surface area contributed by atoms with Gasteiger partial charge in [0.25, 0.3) is 0 Å². The Morgan fingerprint density at radius 3 is 2.71 bits per heavy atom. The van der Waals surface area contributed by atoms with Gasteiger partial charge in [-0.05, 0) is 38.8 Å². The fourth-order valence-electron chi connectivity index (χ4n) is 3.64. The van der Waals surface area contributed by atoms with Gasteiger partial charge in [0.05, 0.1) is 24.1 Å². The number of rotatable bonds is 6. The number of anilines is 1. The van der Waals surface area contributed by atoms with Crippen LogP contribution in [0, 0.1) is 25.5 Å². The molecule has 0 radical (unpaired) electrons. The number of fused-ring (bicyclic) bond motifs is 1. The molecule has 1 atom stereocenters. The highest BCUT2D eigenvalue weighted by Crippen LogP contribution is 2.30. The summed E-state index contributed by atoms with van der Waals surface area (Å²) in [5, 5.41) is 0. The van der Waals surface area contributed by atoms with Crippen LogP contribution in [0.4, 0.5) is 14.7 Å². The lowest BCUT2D eigenvalue weighted by Gasteiger charge is -2.33. The highest BCUT2D eigenvalue weighted by atomic mass is 19.1. The summed E-state index contributed by atoms with van der Waals surface area (Å²) >= 11 is 0. The fraction of sp³-hybridized carbons (Fsp3) is 0.455. The van der Waals surface area contributed by atoms with Crippen molar-refractivity contribution in [3.05, 3.63) is 41.2 Å². The molecule has 1 aliphatic rings. The minimum Gasteiger partial charge on any atom is -0.385 e. The van der Waals surface area contributed by atoms with E-state index in [4.69, 9.17) is 9.47 Å². The Hall–Kier alpha value is -2.78. The lowest BCUT2D eigenvalue weighted by molar-refractivity contribution is 0.0288. The molecule has 0 spiro atoms. The second-order valence-corrected chi connectivity index (χ2v) is 7.64. The van der Waals surface area contributed by atoms with Crippen LogP contribution >= 0.6 is 0 Å².